The van der Waals surface area contributed by atoms with Crippen LogP contribution in [0, 0.1) is 0 Å². The number of hydrogen-bond donors (Lipinski definition) is 1. The van der Waals surface area contributed by atoms with Gasteiger partial charge in [-0.25, -0.2) is 0 Å². The summed E-state index contributed by atoms with van der Waals surface area (Å²) in [6.45, 7) is 0.0210. The lowest BCUT2D eigenvalue weighted by atomic mass is 10.0. The number of benzene rings is 2. The quantitative estimate of drug-likeness (QED) is 0.635. The predicted molar refractivity (Wildman–Crippen MR) is 112 cm³/mol. The summed E-state index contributed by atoms with van der Waals surface area (Å²) in [4.78, 5) is 30.9. The third kappa shape index (κ3) is 4.21. The first kappa shape index (κ1) is 21.5. The summed E-state index contributed by atoms with van der Waals surface area (Å²) in [5.74, 6) is -1.02. The van der Waals surface area contributed by atoms with Gasteiger partial charge in [0.15, 0.2) is 0 Å². The number of carbonyl (C=O) groups is 2. The second-order valence-corrected chi connectivity index (χ2v) is 7.66. The molecule has 5 nitrogen and oxygen atoms in total. The van der Waals surface area contributed by atoms with Crippen molar-refractivity contribution in [1.29, 1.82) is 0 Å². The number of carbonyl (C=O) groups excluding carboxylic acids is 2. The van der Waals surface area contributed by atoms with Crippen LogP contribution in [0.2, 0.25) is 0 Å². The van der Waals surface area contributed by atoms with Crippen molar-refractivity contribution in [3.05, 3.63) is 100 Å². The molecule has 2 aromatic carbocycles. The van der Waals surface area contributed by atoms with E-state index < -0.39 is 23.7 Å². The number of nitrogens with two attached hydrogens (primary N) is 1. The zero-order valence-electron chi connectivity index (χ0n) is 17.0. The number of nitrogens with zero attached hydrogens (tertiary/aromatic N) is 2. The Kier molecular flexibility index (Phi) is 5.69. The highest BCUT2D eigenvalue weighted by atomic mass is 19.4. The molecule has 0 unspecified atom stereocenters. The molecule has 0 spiro atoms. The van der Waals surface area contributed by atoms with Crippen LogP contribution < -0.4 is 5.73 Å². The van der Waals surface area contributed by atoms with Crippen molar-refractivity contribution in [2.45, 2.75) is 31.6 Å². The van der Waals surface area contributed by atoms with Gasteiger partial charge in [0.1, 0.15) is 0 Å². The molecule has 4 rings (SSSR count). The first-order chi connectivity index (χ1) is 15.3. The van der Waals surface area contributed by atoms with Crippen LogP contribution in [0.4, 0.5) is 13.2 Å². The molecule has 2 N–H and O–H groups in total. The fourth-order valence-electron chi connectivity index (χ4n) is 4.14. The second kappa shape index (κ2) is 8.45. The summed E-state index contributed by atoms with van der Waals surface area (Å²) in [7, 11) is 0. The van der Waals surface area contributed by atoms with E-state index >= 15 is 0 Å². The minimum atomic E-state index is -4.49. The van der Waals surface area contributed by atoms with Crippen molar-refractivity contribution in [2.24, 2.45) is 5.73 Å². The van der Waals surface area contributed by atoms with E-state index in [1.165, 1.54) is 23.4 Å². The van der Waals surface area contributed by atoms with Gasteiger partial charge in [0.05, 0.1) is 17.2 Å². The van der Waals surface area contributed by atoms with E-state index in [0.717, 1.165) is 17.7 Å². The lowest BCUT2D eigenvalue weighted by Crippen LogP contribution is -2.34. The number of rotatable bonds is 5. The lowest BCUT2D eigenvalue weighted by molar-refractivity contribution is -0.137. The van der Waals surface area contributed by atoms with E-state index in [4.69, 9.17) is 5.73 Å². The number of pyridine rings is 1. The van der Waals surface area contributed by atoms with E-state index in [1.807, 2.05) is 0 Å². The van der Waals surface area contributed by atoms with Gasteiger partial charge in [-0.2, -0.15) is 13.2 Å². The topological polar surface area (TPSA) is 76.3 Å². The molecule has 164 valence electrons. The number of halogens is 3. The highest BCUT2D eigenvalue weighted by Crippen LogP contribution is 2.41. The Morgan fingerprint density at radius 3 is 2.56 bits per heavy atom. The summed E-state index contributed by atoms with van der Waals surface area (Å²) < 4.78 is 40.1. The van der Waals surface area contributed by atoms with Crippen LogP contribution in [-0.4, -0.2) is 21.7 Å². The van der Waals surface area contributed by atoms with E-state index in [0.29, 0.717) is 29.5 Å². The molecule has 0 saturated heterocycles. The Hall–Kier alpha value is -3.68. The van der Waals surface area contributed by atoms with Crippen LogP contribution in [0.15, 0.2) is 67.0 Å². The highest BCUT2D eigenvalue weighted by molar-refractivity contribution is 5.96. The molecular weight excluding hydrogens is 419 g/mol. The average molecular weight is 439 g/mol. The highest BCUT2D eigenvalue weighted by Gasteiger charge is 2.36. The van der Waals surface area contributed by atoms with Crippen molar-refractivity contribution < 1.29 is 22.8 Å². The van der Waals surface area contributed by atoms with E-state index in [9.17, 15) is 22.8 Å². The van der Waals surface area contributed by atoms with Gasteiger partial charge in [-0.1, -0.05) is 24.3 Å². The SMILES string of the molecule is NC(=O)c1ccccc1CN(C(=O)c1cccnc1)[C@@H]1CCc2ccc(C(F)(F)F)cc21. The minimum Gasteiger partial charge on any atom is -0.366 e. The van der Waals surface area contributed by atoms with Gasteiger partial charge >= 0.3 is 6.18 Å². The first-order valence-corrected chi connectivity index (χ1v) is 10.0. The molecule has 1 aliphatic rings. The fourth-order valence-corrected chi connectivity index (χ4v) is 4.14. The smallest absolute Gasteiger partial charge is 0.366 e. The fraction of sp³-hybridized carbons (Fsp3) is 0.208. The third-order valence-electron chi connectivity index (χ3n) is 5.69. The number of aromatic nitrogens is 1. The van der Waals surface area contributed by atoms with Crippen LogP contribution >= 0.6 is 0 Å². The Morgan fingerprint density at radius 2 is 1.88 bits per heavy atom. The molecule has 2 amide bonds. The van der Waals surface area contributed by atoms with Crippen LogP contribution in [-0.2, 0) is 19.1 Å². The zero-order valence-corrected chi connectivity index (χ0v) is 17.0. The monoisotopic (exact) mass is 439 g/mol. The van der Waals surface area contributed by atoms with Crippen molar-refractivity contribution in [2.75, 3.05) is 0 Å². The molecule has 1 atom stereocenters. The maximum absolute atomic E-state index is 13.5. The van der Waals surface area contributed by atoms with Crippen molar-refractivity contribution in [3.8, 4) is 0 Å². The summed E-state index contributed by atoms with van der Waals surface area (Å²) in [5.41, 5.74) is 7.08. The number of amides is 2. The van der Waals surface area contributed by atoms with E-state index in [-0.39, 0.29) is 18.0 Å². The predicted octanol–water partition coefficient (Wildman–Crippen LogP) is 4.53. The standard InChI is InChI=1S/C24H20F3N3O2/c25-24(26,27)18-9-7-15-8-10-21(20(15)12-18)30(23(32)16-5-3-11-29-13-16)14-17-4-1-2-6-19(17)22(28)31/h1-7,9,11-13,21H,8,10,14H2,(H2,28,31)/t21-/m1/s1. The summed E-state index contributed by atoms with van der Waals surface area (Å²) >= 11 is 0. The molecule has 0 fully saturated rings. The molecule has 1 heterocycles. The maximum atomic E-state index is 13.5. The Balaban J connectivity index is 1.78. The number of aryl methyl sites for hydroxylation is 1. The van der Waals surface area contributed by atoms with Gasteiger partial charge in [0.2, 0.25) is 5.91 Å². The Morgan fingerprint density at radius 1 is 1.09 bits per heavy atom. The molecule has 1 aliphatic carbocycles. The van der Waals surface area contributed by atoms with Crippen LogP contribution in [0.25, 0.3) is 0 Å². The van der Waals surface area contributed by atoms with Gasteiger partial charge in [-0.05, 0) is 59.9 Å². The lowest BCUT2D eigenvalue weighted by Gasteiger charge is -2.31. The van der Waals surface area contributed by atoms with Gasteiger partial charge < -0.3 is 10.6 Å². The summed E-state index contributed by atoms with van der Waals surface area (Å²) in [6.07, 6.45) is -0.520. The molecule has 1 aromatic heterocycles. The van der Waals surface area contributed by atoms with Crippen LogP contribution in [0.5, 0.6) is 0 Å². The Labute approximate surface area is 182 Å². The number of hydrogen-bond acceptors (Lipinski definition) is 3. The Bertz CT molecular complexity index is 1160. The molecule has 32 heavy (non-hydrogen) atoms. The molecule has 0 radical (unpaired) electrons. The van der Waals surface area contributed by atoms with Crippen LogP contribution in [0.3, 0.4) is 0 Å². The minimum absolute atomic E-state index is 0.0210. The maximum Gasteiger partial charge on any atom is 0.416 e. The molecule has 0 saturated carbocycles. The third-order valence-corrected chi connectivity index (χ3v) is 5.69. The molecule has 0 aliphatic heterocycles. The van der Waals surface area contributed by atoms with E-state index in [1.54, 1.807) is 36.4 Å². The zero-order chi connectivity index (χ0) is 22.9. The largest absolute Gasteiger partial charge is 0.416 e. The van der Waals surface area contributed by atoms with Crippen molar-refractivity contribution in [3.63, 3.8) is 0 Å². The normalized spacial score (nSPS) is 15.3. The molecule has 8 heteroatoms. The van der Waals surface area contributed by atoms with Crippen LogP contribution in [0.1, 0.15) is 55.4 Å². The second-order valence-electron chi connectivity index (χ2n) is 7.66. The summed E-state index contributed by atoms with van der Waals surface area (Å²) in [6, 6.07) is 12.9. The van der Waals surface area contributed by atoms with Gasteiger partial charge in [-0.15, -0.1) is 0 Å². The van der Waals surface area contributed by atoms with Crippen molar-refractivity contribution >= 4 is 11.8 Å². The molecular formula is C24H20F3N3O2. The number of primary amides is 1. The number of alkyl halides is 3. The first-order valence-electron chi connectivity index (χ1n) is 10.0. The van der Waals surface area contributed by atoms with E-state index in [2.05, 4.69) is 4.98 Å². The number of fused-ring (bicyclic) bond motifs is 1. The molecule has 0 bridgehead atoms. The van der Waals surface area contributed by atoms with Gasteiger partial charge in [-0.3, -0.25) is 14.6 Å². The summed E-state index contributed by atoms with van der Waals surface area (Å²) in [5, 5.41) is 0. The molecule has 3 aromatic rings. The van der Waals surface area contributed by atoms with Gasteiger partial charge in [0.25, 0.3) is 5.91 Å². The van der Waals surface area contributed by atoms with Gasteiger partial charge in [0, 0.05) is 24.5 Å². The van der Waals surface area contributed by atoms with Crippen molar-refractivity contribution in [1.82, 2.24) is 9.88 Å². The average Bonchev–Trinajstić information content (AvgIpc) is 3.20.